The van der Waals surface area contributed by atoms with Crippen molar-refractivity contribution < 1.29 is 47.1 Å². The van der Waals surface area contributed by atoms with Crippen molar-refractivity contribution in [1.82, 2.24) is 40.8 Å². The molecular formula is C47H41BCl3F3N12O7. The normalized spacial score (nSPS) is 17.2. The van der Waals surface area contributed by atoms with Crippen molar-refractivity contribution in [3.63, 3.8) is 0 Å². The van der Waals surface area contributed by atoms with Gasteiger partial charge < -0.3 is 34.2 Å². The number of rotatable bonds is 9. The molecule has 3 aliphatic rings. The van der Waals surface area contributed by atoms with Gasteiger partial charge in [-0.3, -0.25) is 14.4 Å². The van der Waals surface area contributed by atoms with E-state index in [1.54, 1.807) is 107 Å². The van der Waals surface area contributed by atoms with Gasteiger partial charge in [0.25, 0.3) is 0 Å². The van der Waals surface area contributed by atoms with Crippen molar-refractivity contribution in [2.75, 3.05) is 41.4 Å². The molecular weight excluding hydrogens is 1020 g/mol. The Morgan fingerprint density at radius 3 is 1.52 bits per heavy atom. The lowest BCUT2D eigenvalue weighted by Crippen LogP contribution is -2.29. The van der Waals surface area contributed by atoms with Crippen LogP contribution in [0.15, 0.2) is 121 Å². The highest BCUT2D eigenvalue weighted by atomic mass is 35.5. The number of carbonyl (C=O) groups is 3. The molecule has 0 aliphatic carbocycles. The first-order valence-electron chi connectivity index (χ1n) is 21.9. The molecule has 26 heteroatoms. The third kappa shape index (κ3) is 14.5. The van der Waals surface area contributed by atoms with Crippen LogP contribution in [0.5, 0.6) is 11.5 Å². The van der Waals surface area contributed by atoms with E-state index < -0.39 is 13.5 Å². The summed E-state index contributed by atoms with van der Waals surface area (Å²) in [6, 6.07) is 35.0. The summed E-state index contributed by atoms with van der Waals surface area (Å²) >= 11 is 17.5. The Balaban J connectivity index is 0.000000152. The molecule has 376 valence electrons. The average Bonchev–Trinajstić information content (AvgIpc) is 4.25. The summed E-state index contributed by atoms with van der Waals surface area (Å²) < 4.78 is 45.5. The molecule has 19 nitrogen and oxygen atoms in total. The van der Waals surface area contributed by atoms with Crippen molar-refractivity contribution in [2.45, 2.75) is 37.5 Å². The molecule has 5 heterocycles. The number of methoxy groups -OCH3 is 1. The minimum Gasteiger partial charge on any atom is -0.497 e. The SMILES string of the molecule is COc1ccc(B(O)O)cc1.N#CC1CC(=O)N(c2ccc(Cl)cc2)C1.O=C1CC(c2nn[nH]n2)CN1c1ccc(Cl)cc1.O=C1CC(c2nnn(-c3ccc(OC(F)(F)F)cc3)n2)CN1c1ccc(Cl)cc1. The molecule has 0 spiro atoms. The Kier molecular flexibility index (Phi) is 17.6. The number of H-pyrrole nitrogens is 1. The minimum atomic E-state index is -4.76. The Morgan fingerprint density at radius 2 is 1.10 bits per heavy atom. The van der Waals surface area contributed by atoms with Gasteiger partial charge in [0.05, 0.1) is 24.8 Å². The van der Waals surface area contributed by atoms with Crippen molar-refractivity contribution in [3.8, 4) is 23.3 Å². The van der Waals surface area contributed by atoms with E-state index in [1.807, 2.05) is 12.1 Å². The minimum absolute atomic E-state index is 0.00359. The Morgan fingerprint density at radius 1 is 0.644 bits per heavy atom. The van der Waals surface area contributed by atoms with Crippen LogP contribution in [0, 0.1) is 17.2 Å². The molecule has 3 unspecified atom stereocenters. The zero-order valence-corrected chi connectivity index (χ0v) is 40.5. The fourth-order valence-corrected chi connectivity index (χ4v) is 7.94. The number of aromatic nitrogens is 8. The smallest absolute Gasteiger partial charge is 0.497 e. The molecule has 73 heavy (non-hydrogen) atoms. The van der Waals surface area contributed by atoms with Crippen molar-refractivity contribution in [1.29, 1.82) is 5.26 Å². The second-order valence-corrected chi connectivity index (χ2v) is 17.5. The van der Waals surface area contributed by atoms with Gasteiger partial charge in [0.2, 0.25) is 17.7 Å². The number of benzene rings is 5. The van der Waals surface area contributed by atoms with Crippen molar-refractivity contribution >= 4 is 82.2 Å². The van der Waals surface area contributed by atoms with E-state index in [9.17, 15) is 27.6 Å². The number of nitriles is 1. The lowest BCUT2D eigenvalue weighted by molar-refractivity contribution is -0.274. The fourth-order valence-electron chi connectivity index (χ4n) is 7.56. The van der Waals surface area contributed by atoms with Crippen LogP contribution in [0.3, 0.4) is 0 Å². The first kappa shape index (κ1) is 53.2. The third-order valence-corrected chi connectivity index (χ3v) is 12.0. The van der Waals surface area contributed by atoms with E-state index in [0.717, 1.165) is 29.2 Å². The molecule has 0 bridgehead atoms. The largest absolute Gasteiger partial charge is 0.573 e. The zero-order valence-electron chi connectivity index (χ0n) is 38.2. The number of nitrogens with one attached hydrogen (secondary N) is 1. The van der Waals surface area contributed by atoms with Crippen LogP contribution in [-0.2, 0) is 14.4 Å². The predicted octanol–water partition coefficient (Wildman–Crippen LogP) is 6.70. The maximum absolute atomic E-state index is 12.4. The number of anilines is 3. The number of tetrazole rings is 2. The highest BCUT2D eigenvalue weighted by Crippen LogP contribution is 2.33. The molecule has 5 aromatic carbocycles. The summed E-state index contributed by atoms with van der Waals surface area (Å²) in [6.07, 6.45) is -3.81. The van der Waals surface area contributed by atoms with Crippen LogP contribution in [0.25, 0.3) is 5.69 Å². The van der Waals surface area contributed by atoms with Crippen LogP contribution in [0.2, 0.25) is 15.1 Å². The molecule has 3 atom stereocenters. The summed E-state index contributed by atoms with van der Waals surface area (Å²) in [5.41, 5.74) is 3.26. The van der Waals surface area contributed by atoms with Gasteiger partial charge in [-0.1, -0.05) is 52.1 Å². The molecule has 3 amide bonds. The molecule has 10 rings (SSSR count). The number of hydrogen-bond acceptors (Lipinski definition) is 14. The molecule has 2 aromatic heterocycles. The Hall–Kier alpha value is -7.62. The van der Waals surface area contributed by atoms with Gasteiger partial charge in [-0.15, -0.1) is 38.4 Å². The molecule has 3 saturated heterocycles. The van der Waals surface area contributed by atoms with Crippen molar-refractivity contribution in [3.05, 3.63) is 148 Å². The van der Waals surface area contributed by atoms with Crippen LogP contribution in [0.1, 0.15) is 42.7 Å². The lowest BCUT2D eigenvalue weighted by atomic mass is 9.80. The second kappa shape index (κ2) is 24.2. The predicted molar refractivity (Wildman–Crippen MR) is 263 cm³/mol. The van der Waals surface area contributed by atoms with E-state index in [1.165, 1.54) is 16.9 Å². The summed E-state index contributed by atoms with van der Waals surface area (Å²) in [7, 11) is 0.158. The van der Waals surface area contributed by atoms with Gasteiger partial charge in [0.15, 0.2) is 11.6 Å². The van der Waals surface area contributed by atoms with Gasteiger partial charge in [-0.2, -0.15) is 10.5 Å². The summed E-state index contributed by atoms with van der Waals surface area (Å²) in [5.74, 6) is 0.874. The molecule has 0 saturated carbocycles. The maximum Gasteiger partial charge on any atom is 0.573 e. The lowest BCUT2D eigenvalue weighted by Gasteiger charge is -2.16. The summed E-state index contributed by atoms with van der Waals surface area (Å²) in [5, 5.41) is 54.0. The first-order valence-corrected chi connectivity index (χ1v) is 23.1. The van der Waals surface area contributed by atoms with Gasteiger partial charge in [0, 0.05) is 82.9 Å². The average molecular weight is 1060 g/mol. The van der Waals surface area contributed by atoms with Crippen LogP contribution < -0.4 is 29.6 Å². The topological polar surface area (TPSA) is 242 Å². The maximum atomic E-state index is 12.4. The van der Waals surface area contributed by atoms with Gasteiger partial charge in [-0.25, -0.2) is 0 Å². The molecule has 7 aromatic rings. The van der Waals surface area contributed by atoms with E-state index >= 15 is 0 Å². The monoisotopic (exact) mass is 1060 g/mol. The molecule has 3 N–H and O–H groups in total. The zero-order chi connectivity index (χ0) is 52.2. The number of nitrogens with zero attached hydrogens (tertiary/aromatic N) is 11. The third-order valence-electron chi connectivity index (χ3n) is 11.2. The first-order chi connectivity index (χ1) is 35.0. The highest BCUT2D eigenvalue weighted by molar-refractivity contribution is 6.58. The van der Waals surface area contributed by atoms with E-state index in [0.29, 0.717) is 76.1 Å². The quantitative estimate of drug-likeness (QED) is 0.128. The summed E-state index contributed by atoms with van der Waals surface area (Å²) in [4.78, 5) is 42.1. The Bertz CT molecular complexity index is 2990. The van der Waals surface area contributed by atoms with E-state index in [2.05, 4.69) is 46.8 Å². The van der Waals surface area contributed by atoms with Gasteiger partial charge in [0.1, 0.15) is 11.5 Å². The molecule has 0 radical (unpaired) electrons. The van der Waals surface area contributed by atoms with Crippen LogP contribution >= 0.6 is 34.8 Å². The number of alkyl halides is 3. The van der Waals surface area contributed by atoms with Gasteiger partial charge in [-0.05, 0) is 120 Å². The van der Waals surface area contributed by atoms with Crippen LogP contribution in [0.4, 0.5) is 30.2 Å². The number of aromatic amines is 1. The summed E-state index contributed by atoms with van der Waals surface area (Å²) in [6.45, 7) is 1.45. The highest BCUT2D eigenvalue weighted by Gasteiger charge is 2.36. The fraction of sp³-hybridized carbons (Fsp3) is 0.234. The number of hydrogen-bond donors (Lipinski definition) is 3. The molecule has 3 fully saturated rings. The number of carbonyl (C=O) groups excluding carboxylic acids is 3. The standard InChI is InChI=1S/C18H13ClF3N5O2.C11H10ClN5O.C11H9ClN2O.C7H9BO3/c19-12-1-3-13(4-2-12)26-10-11(9-16(26)28)17-23-25-27(24-17)14-5-7-15(8-6-14)29-18(20,21)22;12-8-1-3-9(4-2-8)17-6-7(5-10(17)18)11-13-15-16-14-11;12-9-1-3-10(4-2-9)14-7-8(6-13)5-11(14)15;1-11-7-4-2-6(3-5-7)8(9)10/h1-8,11H,9-10H2;1-4,7H,5-6H2,(H,13,14,15,16);1-4,8H,5,7H2;2-5,9-10H,1H3. The van der Waals surface area contributed by atoms with Crippen molar-refractivity contribution in [2.24, 2.45) is 5.92 Å². The Labute approximate surface area is 429 Å². The number of ether oxygens (including phenoxy) is 2. The number of amides is 3. The molecule has 3 aliphatic heterocycles. The van der Waals surface area contributed by atoms with E-state index in [-0.39, 0.29) is 47.6 Å². The second-order valence-electron chi connectivity index (χ2n) is 16.2. The number of halogens is 6. The van der Waals surface area contributed by atoms with Gasteiger partial charge >= 0.3 is 13.5 Å². The van der Waals surface area contributed by atoms with E-state index in [4.69, 9.17) is 54.8 Å². The van der Waals surface area contributed by atoms with Crippen LogP contribution in [-0.4, -0.2) is 109 Å².